The van der Waals surface area contributed by atoms with Gasteiger partial charge in [0, 0.05) is 10.6 Å². The highest BCUT2D eigenvalue weighted by Gasteiger charge is 2.10. The molecule has 3 nitrogen and oxygen atoms in total. The van der Waals surface area contributed by atoms with E-state index < -0.39 is 0 Å². The van der Waals surface area contributed by atoms with Gasteiger partial charge in [-0.2, -0.15) is 5.10 Å². The number of carbonyl (C=O) groups is 1. The van der Waals surface area contributed by atoms with Gasteiger partial charge in [-0.3, -0.25) is 4.79 Å². The zero-order valence-corrected chi connectivity index (χ0v) is 14.1. The van der Waals surface area contributed by atoms with E-state index >= 15 is 0 Å². The van der Waals surface area contributed by atoms with E-state index in [1.807, 2.05) is 32.9 Å². The van der Waals surface area contributed by atoms with Gasteiger partial charge >= 0.3 is 0 Å². The number of benzene rings is 2. The van der Waals surface area contributed by atoms with Crippen molar-refractivity contribution in [1.29, 1.82) is 0 Å². The number of nitrogens with zero attached hydrogens (tertiary/aromatic N) is 1. The largest absolute Gasteiger partial charge is 0.272 e. The highest BCUT2D eigenvalue weighted by molar-refractivity contribution is 6.36. The van der Waals surface area contributed by atoms with E-state index in [0.717, 1.165) is 16.8 Å². The van der Waals surface area contributed by atoms with Crippen LogP contribution < -0.4 is 5.43 Å². The molecule has 0 aromatic heterocycles. The monoisotopic (exact) mass is 334 g/mol. The third-order valence-electron chi connectivity index (χ3n) is 3.27. The molecule has 0 atom stereocenters. The maximum absolute atomic E-state index is 12.1. The van der Waals surface area contributed by atoms with Crippen LogP contribution in [-0.4, -0.2) is 11.6 Å². The summed E-state index contributed by atoms with van der Waals surface area (Å²) in [6, 6.07) is 10.8. The lowest BCUT2D eigenvalue weighted by Crippen LogP contribution is -2.20. The summed E-state index contributed by atoms with van der Waals surface area (Å²) in [5.41, 5.74) is 6.88. The van der Waals surface area contributed by atoms with Crippen LogP contribution in [-0.2, 0) is 0 Å². The number of halogens is 2. The smallest absolute Gasteiger partial charge is 0.267 e. The van der Waals surface area contributed by atoms with E-state index in [-0.39, 0.29) is 5.91 Å². The van der Waals surface area contributed by atoms with Crippen LogP contribution in [0.4, 0.5) is 0 Å². The van der Waals surface area contributed by atoms with Crippen LogP contribution in [0.3, 0.4) is 0 Å². The van der Waals surface area contributed by atoms with Crippen molar-refractivity contribution in [3.05, 3.63) is 68.7 Å². The van der Waals surface area contributed by atoms with Crippen molar-refractivity contribution in [1.82, 2.24) is 5.43 Å². The summed E-state index contributed by atoms with van der Waals surface area (Å²) in [5.74, 6) is -0.370. The van der Waals surface area contributed by atoms with Gasteiger partial charge in [-0.05, 0) is 44.5 Å². The minimum atomic E-state index is -0.370. The van der Waals surface area contributed by atoms with Gasteiger partial charge in [0.1, 0.15) is 0 Å². The van der Waals surface area contributed by atoms with E-state index in [9.17, 15) is 4.79 Å². The van der Waals surface area contributed by atoms with Gasteiger partial charge in [-0.25, -0.2) is 5.43 Å². The Balaban J connectivity index is 2.18. The Morgan fingerprint density at radius 3 is 2.36 bits per heavy atom. The number of rotatable bonds is 3. The molecule has 22 heavy (non-hydrogen) atoms. The molecule has 0 heterocycles. The Labute approximate surface area is 139 Å². The predicted octanol–water partition coefficient (Wildman–Crippen LogP) is 4.76. The summed E-state index contributed by atoms with van der Waals surface area (Å²) in [6.45, 7) is 5.90. The third kappa shape index (κ3) is 3.87. The average Bonchev–Trinajstić information content (AvgIpc) is 2.44. The molecule has 0 unspecified atom stereocenters. The summed E-state index contributed by atoms with van der Waals surface area (Å²) in [4.78, 5) is 12.1. The van der Waals surface area contributed by atoms with Crippen molar-refractivity contribution in [3.63, 3.8) is 0 Å². The van der Waals surface area contributed by atoms with Gasteiger partial charge in [-0.15, -0.1) is 0 Å². The van der Waals surface area contributed by atoms with E-state index in [2.05, 4.69) is 16.6 Å². The molecule has 0 bridgehead atoms. The van der Waals surface area contributed by atoms with E-state index in [4.69, 9.17) is 23.2 Å². The number of aryl methyl sites for hydroxylation is 2. The fraction of sp³-hybridized carbons (Fsp3) is 0.176. The first kappa shape index (κ1) is 16.5. The molecule has 0 saturated heterocycles. The molecule has 0 aliphatic heterocycles. The summed E-state index contributed by atoms with van der Waals surface area (Å²) >= 11 is 11.8. The van der Waals surface area contributed by atoms with Crippen LogP contribution in [0.5, 0.6) is 0 Å². The van der Waals surface area contributed by atoms with Crippen LogP contribution in [0.1, 0.15) is 34.0 Å². The number of hydrazone groups is 1. The zero-order chi connectivity index (χ0) is 16.3. The van der Waals surface area contributed by atoms with Crippen molar-refractivity contribution < 1.29 is 4.79 Å². The Morgan fingerprint density at radius 1 is 1.05 bits per heavy atom. The first-order valence-corrected chi connectivity index (χ1v) is 7.51. The van der Waals surface area contributed by atoms with Crippen LogP contribution in [0.2, 0.25) is 10.0 Å². The van der Waals surface area contributed by atoms with Gasteiger partial charge in [0.2, 0.25) is 0 Å². The Morgan fingerprint density at radius 2 is 1.73 bits per heavy atom. The number of amides is 1. The maximum atomic E-state index is 12.1. The Hall–Kier alpha value is -1.84. The summed E-state index contributed by atoms with van der Waals surface area (Å²) < 4.78 is 0. The zero-order valence-electron chi connectivity index (χ0n) is 12.6. The SMILES string of the molecule is CC(=NNC(=O)c1ccc(Cl)cc1Cl)c1ccc(C)cc1C. The van der Waals surface area contributed by atoms with Crippen LogP contribution in [0, 0.1) is 13.8 Å². The molecule has 114 valence electrons. The van der Waals surface area contributed by atoms with E-state index in [1.165, 1.54) is 11.6 Å². The van der Waals surface area contributed by atoms with E-state index in [1.54, 1.807) is 12.1 Å². The molecule has 0 aliphatic rings. The Kier molecular flexibility index (Phi) is 5.22. The lowest BCUT2D eigenvalue weighted by molar-refractivity contribution is 0.0955. The Bertz CT molecular complexity index is 754. The molecule has 2 aromatic rings. The van der Waals surface area contributed by atoms with E-state index in [0.29, 0.717) is 15.6 Å². The summed E-state index contributed by atoms with van der Waals surface area (Å²) in [6.07, 6.45) is 0. The topological polar surface area (TPSA) is 41.5 Å². The van der Waals surface area contributed by atoms with Crippen molar-refractivity contribution in [2.24, 2.45) is 5.10 Å². The van der Waals surface area contributed by atoms with Crippen molar-refractivity contribution in [3.8, 4) is 0 Å². The number of nitrogens with one attached hydrogen (secondary N) is 1. The van der Waals surface area contributed by atoms with Crippen molar-refractivity contribution >= 4 is 34.8 Å². The lowest BCUT2D eigenvalue weighted by Gasteiger charge is -2.08. The quantitative estimate of drug-likeness (QED) is 0.637. The van der Waals surface area contributed by atoms with Gasteiger partial charge in [-0.1, -0.05) is 47.0 Å². The highest BCUT2D eigenvalue weighted by Crippen LogP contribution is 2.20. The van der Waals surface area contributed by atoms with Crippen LogP contribution >= 0.6 is 23.2 Å². The molecule has 1 N–H and O–H groups in total. The number of hydrogen-bond acceptors (Lipinski definition) is 2. The van der Waals surface area contributed by atoms with Gasteiger partial charge in [0.15, 0.2) is 0 Å². The second kappa shape index (κ2) is 6.95. The normalized spacial score (nSPS) is 11.4. The highest BCUT2D eigenvalue weighted by atomic mass is 35.5. The van der Waals surface area contributed by atoms with Crippen molar-refractivity contribution in [2.75, 3.05) is 0 Å². The lowest BCUT2D eigenvalue weighted by atomic mass is 10.0. The van der Waals surface area contributed by atoms with Crippen molar-refractivity contribution in [2.45, 2.75) is 20.8 Å². The van der Waals surface area contributed by atoms with Gasteiger partial charge in [0.25, 0.3) is 5.91 Å². The predicted molar refractivity (Wildman–Crippen MR) is 92.1 cm³/mol. The molecule has 5 heteroatoms. The molecule has 0 fully saturated rings. The molecule has 2 rings (SSSR count). The molecule has 0 saturated carbocycles. The molecular formula is C17H16Cl2N2O. The van der Waals surface area contributed by atoms with Crippen LogP contribution in [0.15, 0.2) is 41.5 Å². The number of hydrogen-bond donors (Lipinski definition) is 1. The number of carbonyl (C=O) groups excluding carboxylic acids is 1. The summed E-state index contributed by atoms with van der Waals surface area (Å²) in [7, 11) is 0. The minimum Gasteiger partial charge on any atom is -0.267 e. The third-order valence-corrected chi connectivity index (χ3v) is 3.82. The molecule has 0 spiro atoms. The molecule has 0 aliphatic carbocycles. The average molecular weight is 335 g/mol. The fourth-order valence-corrected chi connectivity index (χ4v) is 2.64. The first-order chi connectivity index (χ1) is 10.4. The maximum Gasteiger partial charge on any atom is 0.272 e. The minimum absolute atomic E-state index is 0.296. The van der Waals surface area contributed by atoms with Crippen LogP contribution in [0.25, 0.3) is 0 Å². The second-order valence-corrected chi connectivity index (χ2v) is 5.92. The molecule has 0 radical (unpaired) electrons. The fourth-order valence-electron chi connectivity index (χ4n) is 2.15. The molecule has 1 amide bonds. The molecule has 2 aromatic carbocycles. The first-order valence-electron chi connectivity index (χ1n) is 6.76. The standard InChI is InChI=1S/C17H16Cl2N2O/c1-10-4-6-14(11(2)8-10)12(3)20-21-17(22)15-7-5-13(18)9-16(15)19/h4-9H,1-3H3,(H,21,22). The molecular weight excluding hydrogens is 319 g/mol. The second-order valence-electron chi connectivity index (χ2n) is 5.08. The summed E-state index contributed by atoms with van der Waals surface area (Å²) in [5, 5.41) is 4.93. The van der Waals surface area contributed by atoms with Gasteiger partial charge < -0.3 is 0 Å². The van der Waals surface area contributed by atoms with Gasteiger partial charge in [0.05, 0.1) is 16.3 Å².